The molecule has 1 saturated carbocycles. The lowest BCUT2D eigenvalue weighted by molar-refractivity contribution is -0.0451. The van der Waals surface area contributed by atoms with Crippen molar-refractivity contribution in [3.63, 3.8) is 0 Å². The summed E-state index contributed by atoms with van der Waals surface area (Å²) in [5, 5.41) is 9.91. The summed E-state index contributed by atoms with van der Waals surface area (Å²) in [6.07, 6.45) is 7.30. The van der Waals surface area contributed by atoms with Crippen molar-refractivity contribution in [2.45, 2.75) is 62.9 Å². The van der Waals surface area contributed by atoms with Crippen LogP contribution in [0, 0.1) is 5.41 Å². The number of nitrogens with zero attached hydrogens (tertiary/aromatic N) is 2. The number of aliphatic hydroxyl groups is 1. The molecular weight excluding hydrogens is 324 g/mol. The van der Waals surface area contributed by atoms with Crippen molar-refractivity contribution in [3.05, 3.63) is 23.8 Å². The number of aliphatic hydroxyl groups excluding tert-OH is 1. The summed E-state index contributed by atoms with van der Waals surface area (Å²) in [6, 6.07) is 7.87. The second-order valence-corrected chi connectivity index (χ2v) is 8.87. The summed E-state index contributed by atoms with van der Waals surface area (Å²) in [4.78, 5) is 5.43. The van der Waals surface area contributed by atoms with E-state index in [4.69, 9.17) is 4.74 Å². The number of benzene rings is 1. The third-order valence-electron chi connectivity index (χ3n) is 8.21. The first kappa shape index (κ1) is 16.9. The van der Waals surface area contributed by atoms with Crippen molar-refractivity contribution in [1.29, 1.82) is 0 Å². The number of likely N-dealkylation sites (N-methyl/N-ethyl adjacent to an activating group) is 1. The van der Waals surface area contributed by atoms with E-state index in [0.717, 1.165) is 18.7 Å². The number of fused-ring (bicyclic) bond motifs is 1. The second kappa shape index (κ2) is 5.87. The number of methoxy groups -OCH3 is 1. The number of hydrogen-bond donors (Lipinski definition) is 1. The van der Waals surface area contributed by atoms with E-state index >= 15 is 0 Å². The van der Waals surface area contributed by atoms with Crippen molar-refractivity contribution in [3.8, 4) is 5.75 Å². The first-order chi connectivity index (χ1) is 12.7. The Bertz CT molecular complexity index is 703. The van der Waals surface area contributed by atoms with Crippen LogP contribution in [0.2, 0.25) is 0 Å². The van der Waals surface area contributed by atoms with Gasteiger partial charge in [0.05, 0.1) is 12.8 Å². The minimum absolute atomic E-state index is 0.216. The van der Waals surface area contributed by atoms with E-state index < -0.39 is 0 Å². The Labute approximate surface area is 157 Å². The minimum Gasteiger partial charge on any atom is -0.495 e. The molecule has 3 fully saturated rings. The van der Waals surface area contributed by atoms with Crippen LogP contribution in [0.25, 0.3) is 0 Å². The third-order valence-corrected chi connectivity index (χ3v) is 8.21. The van der Waals surface area contributed by atoms with Crippen LogP contribution in [0.15, 0.2) is 18.2 Å². The molecule has 0 aromatic heterocycles. The fourth-order valence-corrected chi connectivity index (χ4v) is 7.56. The Balaban J connectivity index is 1.72. The van der Waals surface area contributed by atoms with Gasteiger partial charge in [-0.1, -0.05) is 12.1 Å². The molecule has 4 heteroatoms. The number of hydrogen-bond acceptors (Lipinski definition) is 4. The van der Waals surface area contributed by atoms with Crippen LogP contribution in [0.4, 0.5) is 5.69 Å². The number of rotatable bonds is 4. The highest BCUT2D eigenvalue weighted by Crippen LogP contribution is 2.66. The average molecular weight is 357 g/mol. The summed E-state index contributed by atoms with van der Waals surface area (Å²) < 4.78 is 5.81. The highest BCUT2D eigenvalue weighted by Gasteiger charge is 2.68. The van der Waals surface area contributed by atoms with Crippen LogP contribution in [0.3, 0.4) is 0 Å². The van der Waals surface area contributed by atoms with Gasteiger partial charge in [-0.3, -0.25) is 4.90 Å². The second-order valence-electron chi connectivity index (χ2n) is 8.87. The van der Waals surface area contributed by atoms with E-state index in [9.17, 15) is 5.11 Å². The van der Waals surface area contributed by atoms with Crippen molar-refractivity contribution in [2.75, 3.05) is 38.3 Å². The zero-order chi connectivity index (χ0) is 17.9. The Hall–Kier alpha value is -1.26. The van der Waals surface area contributed by atoms with Crippen LogP contribution < -0.4 is 9.64 Å². The van der Waals surface area contributed by atoms with Crippen molar-refractivity contribution >= 4 is 5.69 Å². The average Bonchev–Trinajstić information content (AvgIpc) is 3.20. The molecule has 4 unspecified atom stereocenters. The summed E-state index contributed by atoms with van der Waals surface area (Å²) in [7, 11) is 1.81. The van der Waals surface area contributed by atoms with Gasteiger partial charge in [-0.2, -0.15) is 0 Å². The summed E-state index contributed by atoms with van der Waals surface area (Å²) in [5.41, 5.74) is 3.40. The van der Waals surface area contributed by atoms with E-state index in [1.807, 2.05) is 0 Å². The molecule has 1 spiro atoms. The van der Waals surface area contributed by atoms with Crippen molar-refractivity contribution in [2.24, 2.45) is 5.41 Å². The first-order valence-corrected chi connectivity index (χ1v) is 10.5. The predicted molar refractivity (Wildman–Crippen MR) is 104 cm³/mol. The van der Waals surface area contributed by atoms with Crippen LogP contribution in [0.5, 0.6) is 5.75 Å². The van der Waals surface area contributed by atoms with E-state index in [-0.39, 0.29) is 5.41 Å². The van der Waals surface area contributed by atoms with Gasteiger partial charge in [-0.25, -0.2) is 0 Å². The quantitative estimate of drug-likeness (QED) is 0.899. The van der Waals surface area contributed by atoms with E-state index in [1.54, 1.807) is 7.11 Å². The molecule has 4 aliphatic rings. The Morgan fingerprint density at radius 2 is 2.12 bits per heavy atom. The van der Waals surface area contributed by atoms with Gasteiger partial charge < -0.3 is 14.7 Å². The number of ether oxygens (including phenoxy) is 1. The molecule has 0 radical (unpaired) electrons. The van der Waals surface area contributed by atoms with Gasteiger partial charge in [0, 0.05) is 30.7 Å². The smallest absolute Gasteiger partial charge is 0.142 e. The predicted octanol–water partition coefficient (Wildman–Crippen LogP) is 3.17. The maximum atomic E-state index is 9.91. The van der Waals surface area contributed by atoms with Crippen LogP contribution in [-0.2, 0) is 5.41 Å². The van der Waals surface area contributed by atoms with Gasteiger partial charge in [-0.05, 0) is 75.6 Å². The Kier molecular flexibility index (Phi) is 3.81. The highest BCUT2D eigenvalue weighted by atomic mass is 16.5. The molecule has 1 aromatic carbocycles. The fraction of sp³-hybridized carbons (Fsp3) is 0.727. The molecule has 0 amide bonds. The van der Waals surface area contributed by atoms with Gasteiger partial charge in [0.2, 0.25) is 0 Å². The van der Waals surface area contributed by atoms with Crippen LogP contribution >= 0.6 is 0 Å². The first-order valence-electron chi connectivity index (χ1n) is 10.5. The maximum Gasteiger partial charge on any atom is 0.142 e. The SMILES string of the molecule is CCN1c2c(OC)cccc2C23CCN4CCCC(CCO)(CCC12)C43. The lowest BCUT2D eigenvalue weighted by atomic mass is 9.52. The van der Waals surface area contributed by atoms with Gasteiger partial charge in [0.1, 0.15) is 5.75 Å². The van der Waals surface area contributed by atoms with Crippen molar-refractivity contribution < 1.29 is 9.84 Å². The standard InChI is InChI=1S/C22H32N2O2/c1-3-24-18-8-10-21(12-15-25)9-5-13-23-14-11-22(18,20(21)23)16-6-4-7-17(26-2)19(16)24/h4,6-7,18,20,25H,3,5,8-15H2,1-2H3. The molecule has 1 aliphatic carbocycles. The van der Waals surface area contributed by atoms with Crippen molar-refractivity contribution in [1.82, 2.24) is 4.90 Å². The van der Waals surface area contributed by atoms with Crippen LogP contribution in [0.1, 0.15) is 51.0 Å². The van der Waals surface area contributed by atoms with E-state index in [0.29, 0.717) is 24.1 Å². The molecule has 26 heavy (non-hydrogen) atoms. The zero-order valence-corrected chi connectivity index (χ0v) is 16.2. The van der Waals surface area contributed by atoms with Crippen LogP contribution in [-0.4, -0.2) is 55.4 Å². The molecule has 2 saturated heterocycles. The maximum absolute atomic E-state index is 9.91. The van der Waals surface area contributed by atoms with Gasteiger partial charge in [0.15, 0.2) is 0 Å². The molecule has 142 valence electrons. The summed E-state index contributed by atoms with van der Waals surface area (Å²) in [5.74, 6) is 1.04. The highest BCUT2D eigenvalue weighted by molar-refractivity contribution is 5.73. The number of piperidine rings is 1. The lowest BCUT2D eigenvalue weighted by Crippen LogP contribution is -2.64. The van der Waals surface area contributed by atoms with Gasteiger partial charge >= 0.3 is 0 Å². The molecule has 3 aliphatic heterocycles. The molecule has 0 bridgehead atoms. The normalized spacial score (nSPS) is 38.0. The van der Waals surface area contributed by atoms with Gasteiger partial charge in [0.25, 0.3) is 0 Å². The molecule has 1 N–H and O–H groups in total. The lowest BCUT2D eigenvalue weighted by Gasteiger charge is -2.59. The monoisotopic (exact) mass is 356 g/mol. The largest absolute Gasteiger partial charge is 0.495 e. The van der Waals surface area contributed by atoms with E-state index in [2.05, 4.69) is 34.9 Å². The molecular formula is C22H32N2O2. The minimum atomic E-state index is 0.216. The number of anilines is 1. The summed E-state index contributed by atoms with van der Waals surface area (Å²) >= 11 is 0. The molecule has 1 aromatic rings. The Morgan fingerprint density at radius 3 is 2.88 bits per heavy atom. The zero-order valence-electron chi connectivity index (χ0n) is 16.2. The summed E-state index contributed by atoms with van der Waals surface area (Å²) in [6.45, 7) is 6.10. The molecule has 4 nitrogen and oxygen atoms in total. The fourth-order valence-electron chi connectivity index (χ4n) is 7.56. The number of para-hydroxylation sites is 1. The molecule has 4 atom stereocenters. The Morgan fingerprint density at radius 1 is 1.23 bits per heavy atom. The van der Waals surface area contributed by atoms with Gasteiger partial charge in [-0.15, -0.1) is 0 Å². The molecule has 5 rings (SSSR count). The third kappa shape index (κ3) is 1.87. The molecule has 3 heterocycles. The van der Waals surface area contributed by atoms with E-state index in [1.165, 1.54) is 56.4 Å². The topological polar surface area (TPSA) is 35.9 Å².